The molecule has 0 aliphatic carbocycles. The Bertz CT molecular complexity index is 746. The molecule has 0 aliphatic heterocycles. The van der Waals surface area contributed by atoms with Crippen LogP contribution < -0.4 is 5.32 Å². The first kappa shape index (κ1) is 17.9. The molecule has 1 atom stereocenters. The Balaban J connectivity index is 1.87. The Morgan fingerprint density at radius 3 is 2.50 bits per heavy atom. The molecule has 0 aromatic heterocycles. The molecular formula is C18H17ClFNO3. The standard InChI is InChI=1S/C18H17ClFNO3/c1-11-3-5-13(6-4-11)12(2)21-17(22)10-24-18(23)14-7-8-16(20)15(19)9-14/h3-9,12H,10H2,1-2H3,(H,21,22)/t12-/m0/s1. The number of hydrogen-bond acceptors (Lipinski definition) is 3. The number of amides is 1. The maximum Gasteiger partial charge on any atom is 0.338 e. The van der Waals surface area contributed by atoms with E-state index in [1.807, 2.05) is 38.1 Å². The molecule has 0 radical (unpaired) electrons. The first-order chi connectivity index (χ1) is 11.4. The van der Waals surface area contributed by atoms with Crippen LogP contribution in [0.15, 0.2) is 42.5 Å². The van der Waals surface area contributed by atoms with E-state index in [9.17, 15) is 14.0 Å². The second-order valence-corrected chi connectivity index (χ2v) is 5.81. The molecule has 2 rings (SSSR count). The topological polar surface area (TPSA) is 55.4 Å². The number of nitrogens with one attached hydrogen (secondary N) is 1. The van der Waals surface area contributed by atoms with Gasteiger partial charge in [0.2, 0.25) is 0 Å². The number of ether oxygens (including phenoxy) is 1. The molecule has 2 aromatic carbocycles. The summed E-state index contributed by atoms with van der Waals surface area (Å²) >= 11 is 5.61. The van der Waals surface area contributed by atoms with Gasteiger partial charge in [0, 0.05) is 0 Å². The van der Waals surface area contributed by atoms with Crippen molar-refractivity contribution in [3.63, 3.8) is 0 Å². The van der Waals surface area contributed by atoms with E-state index in [0.717, 1.165) is 23.3 Å². The lowest BCUT2D eigenvalue weighted by molar-refractivity contribution is -0.124. The molecule has 0 saturated carbocycles. The highest BCUT2D eigenvalue weighted by Gasteiger charge is 2.14. The molecule has 0 heterocycles. The summed E-state index contributed by atoms with van der Waals surface area (Å²) in [5.74, 6) is -1.79. The van der Waals surface area contributed by atoms with Crippen molar-refractivity contribution in [1.29, 1.82) is 0 Å². The highest BCUT2D eigenvalue weighted by atomic mass is 35.5. The minimum atomic E-state index is -0.741. The van der Waals surface area contributed by atoms with Crippen LogP contribution in [0.1, 0.15) is 34.5 Å². The molecule has 0 spiro atoms. The van der Waals surface area contributed by atoms with E-state index >= 15 is 0 Å². The van der Waals surface area contributed by atoms with Crippen molar-refractivity contribution in [2.24, 2.45) is 0 Å². The molecule has 0 saturated heterocycles. The van der Waals surface area contributed by atoms with E-state index in [-0.39, 0.29) is 16.6 Å². The van der Waals surface area contributed by atoms with Crippen LogP contribution >= 0.6 is 11.6 Å². The maximum atomic E-state index is 13.1. The fraction of sp³-hybridized carbons (Fsp3) is 0.222. The first-order valence-electron chi connectivity index (χ1n) is 7.35. The normalized spacial score (nSPS) is 11.7. The van der Waals surface area contributed by atoms with E-state index in [1.54, 1.807) is 0 Å². The molecular weight excluding hydrogens is 333 g/mol. The lowest BCUT2D eigenvalue weighted by Crippen LogP contribution is -2.31. The Kier molecular flexibility index (Phi) is 5.93. The molecule has 6 heteroatoms. The van der Waals surface area contributed by atoms with Gasteiger partial charge in [0.05, 0.1) is 16.6 Å². The number of rotatable bonds is 5. The van der Waals surface area contributed by atoms with Crippen LogP contribution in [0.2, 0.25) is 5.02 Å². The zero-order valence-electron chi connectivity index (χ0n) is 13.3. The molecule has 0 fully saturated rings. The average Bonchev–Trinajstić information content (AvgIpc) is 2.55. The van der Waals surface area contributed by atoms with Crippen LogP contribution in [0.4, 0.5) is 4.39 Å². The number of esters is 1. The Morgan fingerprint density at radius 1 is 1.21 bits per heavy atom. The van der Waals surface area contributed by atoms with Crippen LogP contribution in [0.3, 0.4) is 0 Å². The Labute approximate surface area is 144 Å². The van der Waals surface area contributed by atoms with Gasteiger partial charge in [-0.25, -0.2) is 9.18 Å². The number of benzene rings is 2. The van der Waals surface area contributed by atoms with Gasteiger partial charge in [-0.2, -0.15) is 0 Å². The molecule has 1 amide bonds. The van der Waals surface area contributed by atoms with E-state index < -0.39 is 24.3 Å². The summed E-state index contributed by atoms with van der Waals surface area (Å²) in [6.07, 6.45) is 0. The number of hydrogen-bond donors (Lipinski definition) is 1. The fourth-order valence-electron chi connectivity index (χ4n) is 2.06. The van der Waals surface area contributed by atoms with Gasteiger partial charge >= 0.3 is 5.97 Å². The summed E-state index contributed by atoms with van der Waals surface area (Å²) in [7, 11) is 0. The van der Waals surface area contributed by atoms with Gasteiger partial charge in [-0.05, 0) is 37.6 Å². The number of halogens is 2. The highest BCUT2D eigenvalue weighted by molar-refractivity contribution is 6.31. The first-order valence-corrected chi connectivity index (χ1v) is 7.72. The van der Waals surface area contributed by atoms with Gasteiger partial charge in [0.15, 0.2) is 6.61 Å². The quantitative estimate of drug-likeness (QED) is 0.835. The number of carbonyl (C=O) groups is 2. The fourth-order valence-corrected chi connectivity index (χ4v) is 2.24. The lowest BCUT2D eigenvalue weighted by Gasteiger charge is -2.14. The summed E-state index contributed by atoms with van der Waals surface area (Å²) in [4.78, 5) is 23.7. The third-order valence-electron chi connectivity index (χ3n) is 3.44. The average molecular weight is 350 g/mol. The van der Waals surface area contributed by atoms with Crippen LogP contribution in [0, 0.1) is 12.7 Å². The minimum Gasteiger partial charge on any atom is -0.452 e. The third-order valence-corrected chi connectivity index (χ3v) is 3.73. The Morgan fingerprint density at radius 2 is 1.88 bits per heavy atom. The second kappa shape index (κ2) is 7.93. The number of aryl methyl sites for hydroxylation is 1. The van der Waals surface area contributed by atoms with Crippen molar-refractivity contribution < 1.29 is 18.7 Å². The summed E-state index contributed by atoms with van der Waals surface area (Å²) in [6.45, 7) is 3.39. The molecule has 4 nitrogen and oxygen atoms in total. The monoisotopic (exact) mass is 349 g/mol. The number of carbonyl (C=O) groups excluding carboxylic acids is 2. The summed E-state index contributed by atoms with van der Waals surface area (Å²) in [5, 5.41) is 2.56. The largest absolute Gasteiger partial charge is 0.452 e. The van der Waals surface area contributed by atoms with Crippen LogP contribution in [0.5, 0.6) is 0 Å². The highest BCUT2D eigenvalue weighted by Crippen LogP contribution is 2.17. The molecule has 0 bridgehead atoms. The van der Waals surface area contributed by atoms with Gasteiger partial charge in [-0.3, -0.25) is 4.79 Å². The summed E-state index contributed by atoms with van der Waals surface area (Å²) in [5.41, 5.74) is 2.16. The minimum absolute atomic E-state index is 0.0841. The predicted octanol–water partition coefficient (Wildman–Crippen LogP) is 3.82. The van der Waals surface area contributed by atoms with Crippen LogP contribution in [-0.2, 0) is 9.53 Å². The van der Waals surface area contributed by atoms with Crippen LogP contribution in [0.25, 0.3) is 0 Å². The SMILES string of the molecule is Cc1ccc([C@H](C)NC(=O)COC(=O)c2ccc(F)c(Cl)c2)cc1. The molecule has 0 unspecified atom stereocenters. The van der Waals surface area contributed by atoms with E-state index in [0.29, 0.717) is 0 Å². The van der Waals surface area contributed by atoms with Gasteiger partial charge in [0.25, 0.3) is 5.91 Å². The smallest absolute Gasteiger partial charge is 0.338 e. The van der Waals surface area contributed by atoms with Crippen molar-refractivity contribution in [3.8, 4) is 0 Å². The molecule has 1 N–H and O–H groups in total. The zero-order chi connectivity index (χ0) is 17.7. The van der Waals surface area contributed by atoms with E-state index in [1.165, 1.54) is 6.07 Å². The third kappa shape index (κ3) is 4.80. The van der Waals surface area contributed by atoms with Gasteiger partial charge in [-0.15, -0.1) is 0 Å². The predicted molar refractivity (Wildman–Crippen MR) is 89.4 cm³/mol. The molecule has 0 aliphatic rings. The molecule has 24 heavy (non-hydrogen) atoms. The second-order valence-electron chi connectivity index (χ2n) is 5.40. The molecule has 2 aromatic rings. The summed E-state index contributed by atoms with van der Waals surface area (Å²) in [6, 6.07) is 11.0. The van der Waals surface area contributed by atoms with Crippen molar-refractivity contribution in [3.05, 3.63) is 70.0 Å². The van der Waals surface area contributed by atoms with Crippen molar-refractivity contribution in [2.45, 2.75) is 19.9 Å². The lowest BCUT2D eigenvalue weighted by atomic mass is 10.1. The van der Waals surface area contributed by atoms with Gasteiger partial charge in [0.1, 0.15) is 5.82 Å². The van der Waals surface area contributed by atoms with Crippen molar-refractivity contribution in [2.75, 3.05) is 6.61 Å². The van der Waals surface area contributed by atoms with Gasteiger partial charge in [-0.1, -0.05) is 41.4 Å². The van der Waals surface area contributed by atoms with E-state index in [2.05, 4.69) is 5.32 Å². The van der Waals surface area contributed by atoms with Crippen molar-refractivity contribution in [1.82, 2.24) is 5.32 Å². The summed E-state index contributed by atoms with van der Waals surface area (Å²) < 4.78 is 18.0. The van der Waals surface area contributed by atoms with Gasteiger partial charge < -0.3 is 10.1 Å². The van der Waals surface area contributed by atoms with Crippen molar-refractivity contribution >= 4 is 23.5 Å². The van der Waals surface area contributed by atoms with E-state index in [4.69, 9.17) is 16.3 Å². The Hall–Kier alpha value is -2.40. The maximum absolute atomic E-state index is 13.1. The zero-order valence-corrected chi connectivity index (χ0v) is 14.1. The molecule has 126 valence electrons. The van der Waals surface area contributed by atoms with Crippen LogP contribution in [-0.4, -0.2) is 18.5 Å².